The van der Waals surface area contributed by atoms with E-state index in [-0.39, 0.29) is 0 Å². The molecule has 0 fully saturated rings. The van der Waals surface area contributed by atoms with Crippen LogP contribution in [-0.4, -0.2) is 23.1 Å². The fraction of sp³-hybridized carbons (Fsp3) is 0.286. The van der Waals surface area contributed by atoms with Gasteiger partial charge < -0.3 is 10.0 Å². The smallest absolute Gasteiger partial charge is 0.311 e. The van der Waals surface area contributed by atoms with Crippen LogP contribution < -0.4 is 4.90 Å². The molecule has 1 aromatic carbocycles. The maximum absolute atomic E-state index is 11.1. The predicted molar refractivity (Wildman–Crippen MR) is 77.4 cm³/mol. The number of aromatic nitrogens is 1. The van der Waals surface area contributed by atoms with Crippen LogP contribution in [0.3, 0.4) is 0 Å². The van der Waals surface area contributed by atoms with Crippen molar-refractivity contribution < 1.29 is 9.90 Å². The lowest BCUT2D eigenvalue weighted by atomic mass is 10.1. The summed E-state index contributed by atoms with van der Waals surface area (Å²) >= 11 is 1.43. The number of aryl methyl sites for hydroxylation is 1. The van der Waals surface area contributed by atoms with Crippen LogP contribution in [-0.2, 0) is 4.79 Å². The fourth-order valence-corrected chi connectivity index (χ4v) is 2.91. The van der Waals surface area contributed by atoms with E-state index in [0.29, 0.717) is 0 Å². The number of carboxylic acids is 1. The van der Waals surface area contributed by atoms with Gasteiger partial charge >= 0.3 is 5.97 Å². The molecule has 19 heavy (non-hydrogen) atoms. The minimum atomic E-state index is -0.819. The highest BCUT2D eigenvalue weighted by molar-refractivity contribution is 7.16. The van der Waals surface area contributed by atoms with Gasteiger partial charge in [-0.15, -0.1) is 11.3 Å². The van der Waals surface area contributed by atoms with Gasteiger partial charge in [-0.2, -0.15) is 0 Å². The van der Waals surface area contributed by atoms with Crippen LogP contribution in [0.5, 0.6) is 0 Å². The van der Waals surface area contributed by atoms with E-state index < -0.39 is 11.9 Å². The molecular weight excluding hydrogens is 260 g/mol. The predicted octanol–water partition coefficient (Wildman–Crippen LogP) is 3.41. The van der Waals surface area contributed by atoms with Crippen LogP contribution in [0.2, 0.25) is 0 Å². The summed E-state index contributed by atoms with van der Waals surface area (Å²) in [6, 6.07) is 9.89. The van der Waals surface area contributed by atoms with Gasteiger partial charge in [-0.25, -0.2) is 4.98 Å². The lowest BCUT2D eigenvalue weighted by Crippen LogP contribution is -2.08. The van der Waals surface area contributed by atoms with E-state index in [1.807, 2.05) is 49.2 Å². The lowest BCUT2D eigenvalue weighted by Gasteiger charge is -2.15. The van der Waals surface area contributed by atoms with Crippen LogP contribution in [0, 0.1) is 6.92 Å². The van der Waals surface area contributed by atoms with Crippen LogP contribution in [0.15, 0.2) is 30.3 Å². The first-order valence-electron chi connectivity index (χ1n) is 5.99. The summed E-state index contributed by atoms with van der Waals surface area (Å²) in [6.07, 6.45) is 0. The fourth-order valence-electron chi connectivity index (χ4n) is 1.81. The van der Waals surface area contributed by atoms with E-state index in [4.69, 9.17) is 5.11 Å². The van der Waals surface area contributed by atoms with Crippen molar-refractivity contribution in [2.24, 2.45) is 0 Å². The molecule has 0 radical (unpaired) electrons. The first-order valence-corrected chi connectivity index (χ1v) is 6.81. The molecule has 0 aliphatic heterocycles. The SMILES string of the molecule is Cc1nc(N(C)c2ccccc2)sc1C(C)C(=O)O. The third kappa shape index (κ3) is 2.76. The zero-order valence-corrected chi connectivity index (χ0v) is 11.9. The Morgan fingerprint density at radius 1 is 1.37 bits per heavy atom. The second-order valence-electron chi connectivity index (χ2n) is 4.40. The number of hydrogen-bond acceptors (Lipinski definition) is 4. The number of aliphatic carboxylic acids is 1. The van der Waals surface area contributed by atoms with Crippen LogP contribution in [0.1, 0.15) is 23.4 Å². The quantitative estimate of drug-likeness (QED) is 0.929. The molecule has 1 aromatic heterocycles. The van der Waals surface area contributed by atoms with Crippen molar-refractivity contribution in [3.05, 3.63) is 40.9 Å². The molecule has 1 N–H and O–H groups in total. The maximum atomic E-state index is 11.1. The first kappa shape index (κ1) is 13.5. The summed E-state index contributed by atoms with van der Waals surface area (Å²) in [5.41, 5.74) is 1.82. The highest BCUT2D eigenvalue weighted by Gasteiger charge is 2.21. The second kappa shape index (κ2) is 5.40. The van der Waals surface area contributed by atoms with Crippen molar-refractivity contribution in [1.82, 2.24) is 4.98 Å². The largest absolute Gasteiger partial charge is 0.481 e. The molecule has 0 aliphatic rings. The van der Waals surface area contributed by atoms with Crippen molar-refractivity contribution in [2.45, 2.75) is 19.8 Å². The summed E-state index contributed by atoms with van der Waals surface area (Å²) < 4.78 is 0. The standard InChI is InChI=1S/C14H16N2O2S/c1-9(13(17)18)12-10(2)15-14(19-12)16(3)11-7-5-4-6-8-11/h4-9H,1-3H3,(H,17,18). The molecular formula is C14H16N2O2S. The number of hydrogen-bond donors (Lipinski definition) is 1. The summed E-state index contributed by atoms with van der Waals surface area (Å²) in [5, 5.41) is 9.90. The molecule has 2 rings (SSSR count). The number of carboxylic acid groups (broad SMARTS) is 1. The van der Waals surface area contributed by atoms with Gasteiger partial charge in [-0.1, -0.05) is 18.2 Å². The van der Waals surface area contributed by atoms with E-state index in [1.54, 1.807) is 6.92 Å². The van der Waals surface area contributed by atoms with Crippen molar-refractivity contribution >= 4 is 28.1 Å². The lowest BCUT2D eigenvalue weighted by molar-refractivity contribution is -0.138. The Morgan fingerprint density at radius 2 is 2.00 bits per heavy atom. The van der Waals surface area contributed by atoms with Crippen molar-refractivity contribution in [1.29, 1.82) is 0 Å². The molecule has 2 aromatic rings. The Hall–Kier alpha value is -1.88. The van der Waals surface area contributed by atoms with E-state index in [9.17, 15) is 4.79 Å². The maximum Gasteiger partial charge on any atom is 0.311 e. The minimum Gasteiger partial charge on any atom is -0.481 e. The topological polar surface area (TPSA) is 53.4 Å². The number of benzene rings is 1. The molecule has 100 valence electrons. The van der Waals surface area contributed by atoms with Gasteiger partial charge in [-0.05, 0) is 26.0 Å². The number of anilines is 2. The van der Waals surface area contributed by atoms with Crippen molar-refractivity contribution in [3.8, 4) is 0 Å². The van der Waals surface area contributed by atoms with Crippen LogP contribution in [0.25, 0.3) is 0 Å². The number of carbonyl (C=O) groups is 1. The van der Waals surface area contributed by atoms with Gasteiger partial charge in [0.25, 0.3) is 0 Å². The van der Waals surface area contributed by atoms with E-state index in [1.165, 1.54) is 11.3 Å². The summed E-state index contributed by atoms with van der Waals surface area (Å²) in [4.78, 5) is 18.3. The molecule has 5 heteroatoms. The van der Waals surface area contributed by atoms with Gasteiger partial charge in [0.1, 0.15) is 0 Å². The molecule has 0 amide bonds. The molecule has 1 unspecified atom stereocenters. The highest BCUT2D eigenvalue weighted by Crippen LogP contribution is 2.34. The summed E-state index contributed by atoms with van der Waals surface area (Å²) in [6.45, 7) is 3.54. The van der Waals surface area contributed by atoms with Crippen LogP contribution in [0.4, 0.5) is 10.8 Å². The van der Waals surface area contributed by atoms with Gasteiger partial charge in [0, 0.05) is 17.6 Å². The molecule has 0 bridgehead atoms. The molecule has 1 heterocycles. The van der Waals surface area contributed by atoms with Gasteiger partial charge in [0.05, 0.1) is 11.6 Å². The average Bonchev–Trinajstić information content (AvgIpc) is 2.80. The zero-order valence-electron chi connectivity index (χ0n) is 11.1. The molecule has 0 spiro atoms. The molecule has 0 saturated carbocycles. The van der Waals surface area contributed by atoms with Crippen molar-refractivity contribution in [2.75, 3.05) is 11.9 Å². The van der Waals surface area contributed by atoms with Gasteiger partial charge in [-0.3, -0.25) is 4.79 Å². The Morgan fingerprint density at radius 3 is 2.58 bits per heavy atom. The minimum absolute atomic E-state index is 0.518. The van der Waals surface area contributed by atoms with E-state index in [0.717, 1.165) is 21.4 Å². The summed E-state index contributed by atoms with van der Waals surface area (Å²) in [5.74, 6) is -1.34. The molecule has 0 saturated heterocycles. The Balaban J connectivity index is 2.32. The number of thiazole rings is 1. The van der Waals surface area contributed by atoms with Gasteiger partial charge in [0.15, 0.2) is 5.13 Å². The Kier molecular flexibility index (Phi) is 3.85. The molecule has 0 aliphatic carbocycles. The van der Waals surface area contributed by atoms with Gasteiger partial charge in [0.2, 0.25) is 0 Å². The number of para-hydroxylation sites is 1. The average molecular weight is 276 g/mol. The summed E-state index contributed by atoms with van der Waals surface area (Å²) in [7, 11) is 1.93. The van der Waals surface area contributed by atoms with Crippen LogP contribution >= 0.6 is 11.3 Å². The third-order valence-corrected chi connectivity index (χ3v) is 4.43. The number of rotatable bonds is 4. The third-order valence-electron chi connectivity index (χ3n) is 3.02. The Bertz CT molecular complexity index is 580. The molecule has 1 atom stereocenters. The number of nitrogens with zero attached hydrogens (tertiary/aromatic N) is 2. The first-order chi connectivity index (χ1) is 9.00. The second-order valence-corrected chi connectivity index (χ2v) is 5.41. The Labute approximate surface area is 116 Å². The van der Waals surface area contributed by atoms with E-state index in [2.05, 4.69) is 4.98 Å². The normalized spacial score (nSPS) is 12.2. The zero-order chi connectivity index (χ0) is 14.0. The molecule has 4 nitrogen and oxygen atoms in total. The van der Waals surface area contributed by atoms with E-state index >= 15 is 0 Å². The monoisotopic (exact) mass is 276 g/mol. The highest BCUT2D eigenvalue weighted by atomic mass is 32.1. The van der Waals surface area contributed by atoms with Crippen molar-refractivity contribution in [3.63, 3.8) is 0 Å².